The smallest absolute Gasteiger partial charge is 0.333 e. The number of nitrogens with one attached hydrogen (secondary N) is 2. The Morgan fingerprint density at radius 1 is 0.818 bits per heavy atom. The van der Waals surface area contributed by atoms with Gasteiger partial charge in [-0.15, -0.1) is 0 Å². The summed E-state index contributed by atoms with van der Waals surface area (Å²) >= 11 is 0. The first-order valence-electron chi connectivity index (χ1n) is 22.9. The first-order chi connectivity index (χ1) is 30.1. The predicted molar refractivity (Wildman–Crippen MR) is 259 cm³/mol. The van der Waals surface area contributed by atoms with Crippen LogP contribution in [0.15, 0.2) is 46.1 Å². The van der Waals surface area contributed by atoms with E-state index in [0.717, 1.165) is 4.57 Å². The van der Waals surface area contributed by atoms with E-state index in [1.807, 2.05) is 0 Å². The number of carbonyl (C=O) groups excluding carboxylic acids is 3. The van der Waals surface area contributed by atoms with Gasteiger partial charge in [0.15, 0.2) is 22.9 Å². The van der Waals surface area contributed by atoms with Crippen LogP contribution in [-0.2, 0) is 44.0 Å². The van der Waals surface area contributed by atoms with Gasteiger partial charge in [-0.3, -0.25) is 28.3 Å². The summed E-state index contributed by atoms with van der Waals surface area (Å²) < 4.78 is 40.1. The highest BCUT2D eigenvalue weighted by atomic mass is 28.4. The van der Waals surface area contributed by atoms with Crippen LogP contribution in [0.4, 0.5) is 0 Å². The Hall–Kier alpha value is -3.70. The second-order valence-electron chi connectivity index (χ2n) is 22.3. The normalized spacial score (nSPS) is 20.0. The number of carbonyl (C=O) groups is 3. The average Bonchev–Trinajstić information content (AvgIpc) is 3.49. The molecule has 1 unspecified atom stereocenters. The van der Waals surface area contributed by atoms with Crippen molar-refractivity contribution in [2.75, 3.05) is 20.2 Å². The van der Waals surface area contributed by atoms with Crippen LogP contribution >= 0.6 is 0 Å². The van der Waals surface area contributed by atoms with Crippen LogP contribution in [-0.4, -0.2) is 117 Å². The number of rotatable bonds is 20. The van der Waals surface area contributed by atoms with Crippen LogP contribution in [0.3, 0.4) is 0 Å². The molecule has 1 aromatic carbocycles. The predicted octanol–water partition coefficient (Wildman–Crippen LogP) is 5.36. The number of esters is 2. The molecule has 0 spiro atoms. The number of aromatic nitrogens is 2. The maximum absolute atomic E-state index is 14.6. The van der Waals surface area contributed by atoms with Crippen LogP contribution in [0, 0.1) is 0 Å². The van der Waals surface area contributed by atoms with Crippen molar-refractivity contribution in [2.45, 2.75) is 199 Å². The number of hydrogen-bond acceptors (Lipinski definition) is 14. The summed E-state index contributed by atoms with van der Waals surface area (Å²) in [5.41, 5.74) is 3.99. The quantitative estimate of drug-likeness (QED) is 0.0746. The van der Waals surface area contributed by atoms with Gasteiger partial charge in [-0.05, 0) is 115 Å². The van der Waals surface area contributed by atoms with Crippen LogP contribution in [0.1, 0.15) is 114 Å². The summed E-state index contributed by atoms with van der Waals surface area (Å²) in [6, 6.07) is 6.02. The third kappa shape index (κ3) is 15.7. The van der Waals surface area contributed by atoms with Crippen LogP contribution in [0.25, 0.3) is 0 Å². The summed E-state index contributed by atoms with van der Waals surface area (Å²) in [6.07, 6.45) is -4.32. The van der Waals surface area contributed by atoms with E-state index in [-0.39, 0.29) is 42.6 Å². The van der Waals surface area contributed by atoms with E-state index in [1.165, 1.54) is 16.8 Å². The van der Waals surface area contributed by atoms with E-state index in [1.54, 1.807) is 72.9 Å². The number of benzene rings is 1. The molecule has 0 bridgehead atoms. The molecule has 0 radical (unpaired) electrons. The van der Waals surface area contributed by atoms with E-state index < -0.39 is 99.7 Å². The lowest BCUT2D eigenvalue weighted by molar-refractivity contribution is -0.166. The van der Waals surface area contributed by atoms with Gasteiger partial charge in [-0.1, -0.05) is 53.7 Å². The number of amides is 1. The van der Waals surface area contributed by atoms with Crippen molar-refractivity contribution in [3.63, 3.8) is 0 Å². The molecule has 17 nitrogen and oxygen atoms in total. The Balaban J connectivity index is 2.08. The van der Waals surface area contributed by atoms with Gasteiger partial charge >= 0.3 is 17.6 Å². The largest absolute Gasteiger partial charge is 0.497 e. The Labute approximate surface area is 394 Å². The summed E-state index contributed by atoms with van der Waals surface area (Å²) in [7, 11) is -3.92. The Bertz CT molecular complexity index is 2060. The molecule has 1 fully saturated rings. The second kappa shape index (κ2) is 22.2. The third-order valence-corrected chi connectivity index (χ3v) is 21.3. The fourth-order valence-electron chi connectivity index (χ4n) is 6.63. The Morgan fingerprint density at radius 3 is 1.88 bits per heavy atom. The van der Waals surface area contributed by atoms with Gasteiger partial charge in [0, 0.05) is 25.2 Å². The lowest BCUT2D eigenvalue weighted by Crippen LogP contribution is -2.59. The fraction of sp³-hybridized carbons (Fsp3) is 0.723. The zero-order valence-corrected chi connectivity index (χ0v) is 44.7. The van der Waals surface area contributed by atoms with Gasteiger partial charge in [-0.2, -0.15) is 0 Å². The van der Waals surface area contributed by atoms with Crippen LogP contribution in [0.2, 0.25) is 36.3 Å². The molecule has 66 heavy (non-hydrogen) atoms. The molecular formula is C47H81N5O12Si2. The van der Waals surface area contributed by atoms with E-state index in [4.69, 9.17) is 33.5 Å². The number of hydrogen-bond donors (Lipinski definition) is 4. The molecule has 2 aromatic rings. The van der Waals surface area contributed by atoms with Gasteiger partial charge in [0.2, 0.25) is 5.91 Å². The van der Waals surface area contributed by atoms with Crippen molar-refractivity contribution >= 4 is 34.5 Å². The standard InChI is InChI=1S/C47H81N5O12Si2/c1-44(2,3)61-34(54)24-23-32(48)40(56)50-27-18-26-49-35(42(57)62-45(4,5)6)36(55)37-38(63-65(14,15)46(7,8)9)39(64-66(16,17)47(10,11)12)41(60-37)51-28-25-33(53)52(43(51)58)29-30-19-21-31(59-13)22-20-30/h19-22,25,28,32,35-39,41,49,55H,18,23-24,26-27,29,48H2,1-17H3,(H,50,56)/t32-,35+,36-,37?,38-,39-,41-/m1/s1. The van der Waals surface area contributed by atoms with Crippen molar-refractivity contribution in [3.8, 4) is 5.75 Å². The van der Waals surface area contributed by atoms with Gasteiger partial charge in [0.25, 0.3) is 5.56 Å². The van der Waals surface area contributed by atoms with Gasteiger partial charge in [0.05, 0.1) is 19.7 Å². The lowest BCUT2D eigenvalue weighted by Gasteiger charge is -2.44. The maximum atomic E-state index is 14.6. The van der Waals surface area contributed by atoms with Gasteiger partial charge in [0.1, 0.15) is 47.4 Å². The van der Waals surface area contributed by atoms with E-state index >= 15 is 0 Å². The van der Waals surface area contributed by atoms with Crippen molar-refractivity contribution in [1.82, 2.24) is 19.8 Å². The fourth-order valence-corrected chi connectivity index (χ4v) is 9.21. The average molecular weight is 964 g/mol. The number of nitrogens with two attached hydrogens (primary N) is 1. The molecule has 0 saturated carbocycles. The zero-order chi connectivity index (χ0) is 50.4. The number of aliphatic hydroxyl groups is 1. The van der Waals surface area contributed by atoms with Crippen LogP contribution < -0.4 is 32.4 Å². The number of ether oxygens (including phenoxy) is 4. The Morgan fingerprint density at radius 2 is 1.36 bits per heavy atom. The molecule has 1 aromatic heterocycles. The molecule has 1 aliphatic heterocycles. The first-order valence-corrected chi connectivity index (χ1v) is 28.8. The SMILES string of the molecule is COc1ccc(Cn2c(=O)ccn([C@@H]3OC([C@H](O)[C@H](NCCCNC(=O)[C@H](N)CCC(=O)OC(C)(C)C)C(=O)OC(C)(C)C)[C@@H](O[Si](C)(C)C(C)(C)C)[C@H]3O[Si](C)(C)C(C)(C)C)c2=O)cc1. The number of aliphatic hydroxyl groups excluding tert-OH is 1. The van der Waals surface area contributed by atoms with E-state index in [2.05, 4.69) is 78.4 Å². The van der Waals surface area contributed by atoms with Gasteiger partial charge in [-0.25, -0.2) is 4.79 Å². The summed E-state index contributed by atoms with van der Waals surface area (Å²) in [6.45, 7) is 31.5. The molecule has 2 heterocycles. The summed E-state index contributed by atoms with van der Waals surface area (Å²) in [4.78, 5) is 67.1. The minimum absolute atomic E-state index is 0.0167. The van der Waals surface area contributed by atoms with Crippen molar-refractivity contribution in [1.29, 1.82) is 0 Å². The van der Waals surface area contributed by atoms with Crippen molar-refractivity contribution < 1.29 is 47.3 Å². The van der Waals surface area contributed by atoms with Crippen molar-refractivity contribution in [3.05, 3.63) is 62.9 Å². The van der Waals surface area contributed by atoms with Crippen LogP contribution in [0.5, 0.6) is 5.75 Å². The second-order valence-corrected chi connectivity index (χ2v) is 31.8. The molecule has 19 heteroatoms. The molecule has 1 saturated heterocycles. The number of methoxy groups -OCH3 is 1. The highest BCUT2D eigenvalue weighted by Crippen LogP contribution is 2.46. The maximum Gasteiger partial charge on any atom is 0.333 e. The van der Waals surface area contributed by atoms with E-state index in [0.29, 0.717) is 17.7 Å². The minimum atomic E-state index is -2.74. The molecule has 374 valence electrons. The molecule has 0 aliphatic carbocycles. The summed E-state index contributed by atoms with van der Waals surface area (Å²) in [5.74, 6) is -1.03. The highest BCUT2D eigenvalue weighted by Gasteiger charge is 2.58. The summed E-state index contributed by atoms with van der Waals surface area (Å²) in [5, 5.41) is 17.9. The monoisotopic (exact) mass is 964 g/mol. The molecule has 7 atom stereocenters. The molecule has 1 amide bonds. The molecule has 1 aliphatic rings. The minimum Gasteiger partial charge on any atom is -0.497 e. The first kappa shape index (κ1) is 56.6. The van der Waals surface area contributed by atoms with E-state index in [9.17, 15) is 29.1 Å². The van der Waals surface area contributed by atoms with Crippen molar-refractivity contribution in [2.24, 2.45) is 5.73 Å². The molecular weight excluding hydrogens is 883 g/mol. The number of nitrogens with zero attached hydrogens (tertiary/aromatic N) is 2. The highest BCUT2D eigenvalue weighted by molar-refractivity contribution is 6.74. The lowest BCUT2D eigenvalue weighted by atomic mass is 9.99. The molecule has 3 rings (SSSR count). The molecule has 5 N–H and O–H groups in total. The zero-order valence-electron chi connectivity index (χ0n) is 42.7. The van der Waals surface area contributed by atoms with Gasteiger partial charge < -0.3 is 49.3 Å². The third-order valence-electron chi connectivity index (χ3n) is 12.3. The Kier molecular flexibility index (Phi) is 19.0. The topological polar surface area (TPSA) is 221 Å².